The highest BCUT2D eigenvalue weighted by atomic mass is 16.5. The first-order valence-corrected chi connectivity index (χ1v) is 6.36. The number of rotatable bonds is 4. The first-order valence-electron chi connectivity index (χ1n) is 6.36. The van der Waals surface area contributed by atoms with E-state index in [0.717, 1.165) is 19.3 Å². The Balaban J connectivity index is 2.69. The molecule has 3 unspecified atom stereocenters. The molecule has 0 saturated heterocycles. The van der Waals surface area contributed by atoms with Crippen molar-refractivity contribution in [3.63, 3.8) is 0 Å². The molecule has 0 aromatic rings. The van der Waals surface area contributed by atoms with E-state index in [1.807, 2.05) is 6.92 Å². The van der Waals surface area contributed by atoms with Gasteiger partial charge in [-0.25, -0.2) is 0 Å². The van der Waals surface area contributed by atoms with Crippen molar-refractivity contribution in [3.05, 3.63) is 0 Å². The van der Waals surface area contributed by atoms with Gasteiger partial charge in [-0.3, -0.25) is 0 Å². The number of hydrogen-bond donors (Lipinski definition) is 2. The molecule has 16 heavy (non-hydrogen) atoms. The number of ether oxygens (including phenoxy) is 1. The summed E-state index contributed by atoms with van der Waals surface area (Å²) in [5.74, 6) is 0. The highest BCUT2D eigenvalue weighted by Gasteiger charge is 2.41. The van der Waals surface area contributed by atoms with Gasteiger partial charge < -0.3 is 15.6 Å². The lowest BCUT2D eigenvalue weighted by Gasteiger charge is -2.45. The van der Waals surface area contributed by atoms with E-state index in [1.54, 1.807) is 6.92 Å². The van der Waals surface area contributed by atoms with Crippen molar-refractivity contribution < 1.29 is 9.84 Å². The van der Waals surface area contributed by atoms with Crippen LogP contribution in [0.4, 0.5) is 0 Å². The van der Waals surface area contributed by atoms with Crippen LogP contribution >= 0.6 is 0 Å². The molecule has 1 saturated carbocycles. The topological polar surface area (TPSA) is 55.5 Å². The molecule has 0 amide bonds. The fourth-order valence-corrected chi connectivity index (χ4v) is 2.75. The molecule has 0 heterocycles. The Morgan fingerprint density at radius 1 is 1.31 bits per heavy atom. The minimum absolute atomic E-state index is 0.141. The van der Waals surface area contributed by atoms with Gasteiger partial charge in [-0.1, -0.05) is 20.3 Å². The summed E-state index contributed by atoms with van der Waals surface area (Å²) in [7, 11) is 0. The van der Waals surface area contributed by atoms with E-state index in [1.165, 1.54) is 6.42 Å². The van der Waals surface area contributed by atoms with Crippen LogP contribution in [0.5, 0.6) is 0 Å². The number of hydrogen-bond acceptors (Lipinski definition) is 3. The minimum atomic E-state index is -0.437. The average molecular weight is 229 g/mol. The second-order valence-corrected chi connectivity index (χ2v) is 6.15. The van der Waals surface area contributed by atoms with Crippen LogP contribution in [0, 0.1) is 5.41 Å². The van der Waals surface area contributed by atoms with Gasteiger partial charge in [0.15, 0.2) is 0 Å². The van der Waals surface area contributed by atoms with Gasteiger partial charge in [-0.2, -0.15) is 0 Å². The Kier molecular flexibility index (Phi) is 4.38. The van der Waals surface area contributed by atoms with Gasteiger partial charge in [-0.05, 0) is 38.5 Å². The molecule has 3 nitrogen and oxygen atoms in total. The molecule has 0 aromatic heterocycles. The molecule has 96 valence electrons. The Morgan fingerprint density at radius 3 is 2.38 bits per heavy atom. The molecule has 0 radical (unpaired) electrons. The van der Waals surface area contributed by atoms with Crippen LogP contribution < -0.4 is 5.73 Å². The summed E-state index contributed by atoms with van der Waals surface area (Å²) in [6, 6.07) is 0. The second kappa shape index (κ2) is 5.03. The third-order valence-corrected chi connectivity index (χ3v) is 3.77. The molecule has 1 fully saturated rings. The van der Waals surface area contributed by atoms with Crippen LogP contribution in [0.3, 0.4) is 0 Å². The first-order chi connectivity index (χ1) is 7.30. The number of nitrogens with two attached hydrogens (primary N) is 1. The van der Waals surface area contributed by atoms with Crippen molar-refractivity contribution in [2.24, 2.45) is 11.1 Å². The zero-order valence-corrected chi connectivity index (χ0v) is 11.1. The number of aliphatic hydroxyl groups is 1. The van der Waals surface area contributed by atoms with Crippen LogP contribution in [-0.2, 0) is 4.74 Å². The third-order valence-electron chi connectivity index (χ3n) is 3.77. The van der Waals surface area contributed by atoms with Crippen LogP contribution in [-0.4, -0.2) is 29.5 Å². The summed E-state index contributed by atoms with van der Waals surface area (Å²) in [4.78, 5) is 0. The minimum Gasteiger partial charge on any atom is -0.391 e. The Morgan fingerprint density at radius 2 is 1.94 bits per heavy atom. The molecular formula is C13H27NO2. The van der Waals surface area contributed by atoms with Gasteiger partial charge in [0.05, 0.1) is 17.8 Å². The molecule has 1 aliphatic carbocycles. The fourth-order valence-electron chi connectivity index (χ4n) is 2.75. The molecule has 1 rings (SSSR count). The zero-order valence-electron chi connectivity index (χ0n) is 11.1. The van der Waals surface area contributed by atoms with Crippen molar-refractivity contribution in [1.29, 1.82) is 0 Å². The Labute approximate surface area is 99.4 Å². The Bertz CT molecular complexity index is 228. The fraction of sp³-hybridized carbons (Fsp3) is 1.00. The quantitative estimate of drug-likeness (QED) is 0.776. The van der Waals surface area contributed by atoms with E-state index in [4.69, 9.17) is 10.5 Å². The van der Waals surface area contributed by atoms with Gasteiger partial charge in [-0.15, -0.1) is 0 Å². The normalized spacial score (nSPS) is 33.4. The van der Waals surface area contributed by atoms with E-state index in [9.17, 15) is 5.11 Å². The van der Waals surface area contributed by atoms with Crippen molar-refractivity contribution in [2.75, 3.05) is 6.54 Å². The predicted molar refractivity (Wildman–Crippen MR) is 66.3 cm³/mol. The molecule has 3 atom stereocenters. The van der Waals surface area contributed by atoms with E-state index in [-0.39, 0.29) is 11.7 Å². The molecule has 0 aromatic carbocycles. The maximum atomic E-state index is 9.53. The summed E-state index contributed by atoms with van der Waals surface area (Å²) >= 11 is 0. The monoisotopic (exact) mass is 229 g/mol. The summed E-state index contributed by atoms with van der Waals surface area (Å²) in [5.41, 5.74) is 5.98. The van der Waals surface area contributed by atoms with Gasteiger partial charge in [0.25, 0.3) is 0 Å². The lowest BCUT2D eigenvalue weighted by Crippen LogP contribution is -2.50. The highest BCUT2D eigenvalue weighted by molar-refractivity contribution is 4.93. The van der Waals surface area contributed by atoms with E-state index in [2.05, 4.69) is 13.8 Å². The molecular weight excluding hydrogens is 202 g/mol. The maximum Gasteiger partial charge on any atom is 0.0814 e. The van der Waals surface area contributed by atoms with Gasteiger partial charge in [0, 0.05) is 6.54 Å². The smallest absolute Gasteiger partial charge is 0.0814 e. The predicted octanol–water partition coefficient (Wildman–Crippen LogP) is 2.07. The van der Waals surface area contributed by atoms with Gasteiger partial charge >= 0.3 is 0 Å². The maximum absolute atomic E-state index is 9.53. The molecule has 0 aliphatic heterocycles. The molecule has 0 spiro atoms. The molecule has 1 aliphatic rings. The summed E-state index contributed by atoms with van der Waals surface area (Å²) in [6.45, 7) is 8.78. The average Bonchev–Trinajstić information content (AvgIpc) is 2.16. The molecule has 3 heteroatoms. The van der Waals surface area contributed by atoms with Crippen molar-refractivity contribution in [2.45, 2.75) is 71.2 Å². The van der Waals surface area contributed by atoms with Crippen LogP contribution in [0.15, 0.2) is 0 Å². The van der Waals surface area contributed by atoms with Crippen molar-refractivity contribution in [1.82, 2.24) is 0 Å². The van der Waals surface area contributed by atoms with Crippen molar-refractivity contribution in [3.8, 4) is 0 Å². The second-order valence-electron chi connectivity index (χ2n) is 6.15. The van der Waals surface area contributed by atoms with E-state index < -0.39 is 6.10 Å². The van der Waals surface area contributed by atoms with Gasteiger partial charge in [0.1, 0.15) is 0 Å². The standard InChI is InChI=1S/C13H27NO2/c1-10(15)11(2)16-13(9-14)7-5-6-12(3,4)8-13/h10-11,15H,5-9,14H2,1-4H3. The van der Waals surface area contributed by atoms with Crippen molar-refractivity contribution >= 4 is 0 Å². The summed E-state index contributed by atoms with van der Waals surface area (Å²) < 4.78 is 6.05. The highest BCUT2D eigenvalue weighted by Crippen LogP contribution is 2.43. The van der Waals surface area contributed by atoms with Crippen LogP contribution in [0.2, 0.25) is 0 Å². The summed E-state index contributed by atoms with van der Waals surface area (Å²) in [5, 5.41) is 9.53. The number of aliphatic hydroxyl groups excluding tert-OH is 1. The van der Waals surface area contributed by atoms with Crippen LogP contribution in [0.1, 0.15) is 53.4 Å². The third kappa shape index (κ3) is 3.44. The molecule has 3 N–H and O–H groups in total. The van der Waals surface area contributed by atoms with E-state index >= 15 is 0 Å². The lowest BCUT2D eigenvalue weighted by atomic mass is 9.69. The Hall–Kier alpha value is -0.120. The van der Waals surface area contributed by atoms with Crippen LogP contribution in [0.25, 0.3) is 0 Å². The first kappa shape index (κ1) is 13.9. The van der Waals surface area contributed by atoms with Gasteiger partial charge in [0.2, 0.25) is 0 Å². The summed E-state index contributed by atoms with van der Waals surface area (Å²) in [6.07, 6.45) is 3.83. The molecule has 0 bridgehead atoms. The zero-order chi connectivity index (χ0) is 12.4. The lowest BCUT2D eigenvalue weighted by molar-refractivity contribution is -0.150. The SMILES string of the molecule is CC(O)C(C)OC1(CN)CCCC(C)(C)C1. The van der Waals surface area contributed by atoms with E-state index in [0.29, 0.717) is 12.0 Å². The largest absolute Gasteiger partial charge is 0.391 e.